The number of ether oxygens (including phenoxy) is 1. The molecular weight excluding hydrogens is 236 g/mol. The first kappa shape index (κ1) is 16.5. The molecule has 2 nitrogen and oxygen atoms in total. The molecule has 19 heavy (non-hydrogen) atoms. The van der Waals surface area contributed by atoms with Crippen LogP contribution in [0.5, 0.6) is 0 Å². The minimum Gasteiger partial charge on any atom is -0.458 e. The summed E-state index contributed by atoms with van der Waals surface area (Å²) in [4.78, 5) is 12.4. The van der Waals surface area contributed by atoms with Crippen molar-refractivity contribution in [3.8, 4) is 0 Å². The van der Waals surface area contributed by atoms with E-state index in [4.69, 9.17) is 4.74 Å². The molecule has 0 bridgehead atoms. The topological polar surface area (TPSA) is 26.3 Å². The summed E-state index contributed by atoms with van der Waals surface area (Å²) in [7, 11) is 0. The lowest BCUT2D eigenvalue weighted by Gasteiger charge is -2.46. The summed E-state index contributed by atoms with van der Waals surface area (Å²) < 4.78 is 6.04. The van der Waals surface area contributed by atoms with Crippen molar-refractivity contribution < 1.29 is 9.53 Å². The van der Waals surface area contributed by atoms with E-state index in [0.29, 0.717) is 5.92 Å². The second-order valence-corrected chi connectivity index (χ2v) is 8.31. The van der Waals surface area contributed by atoms with Crippen LogP contribution in [0.15, 0.2) is 0 Å². The number of hydrogen-bond donors (Lipinski definition) is 0. The van der Waals surface area contributed by atoms with Gasteiger partial charge in [-0.15, -0.1) is 0 Å². The Morgan fingerprint density at radius 3 is 2.00 bits per heavy atom. The lowest BCUT2D eigenvalue weighted by atomic mass is 9.63. The summed E-state index contributed by atoms with van der Waals surface area (Å²) in [5.41, 5.74) is -0.633. The molecule has 1 aliphatic rings. The fraction of sp³-hybridized carbons (Fsp3) is 0.941. The second kappa shape index (κ2) is 4.49. The first-order valence-corrected chi connectivity index (χ1v) is 7.55. The smallest absolute Gasteiger partial charge is 0.312 e. The summed E-state index contributed by atoms with van der Waals surface area (Å²) in [5.74, 6) is 0.487. The Labute approximate surface area is 119 Å². The molecule has 0 amide bonds. The molecule has 1 aliphatic carbocycles. The van der Waals surface area contributed by atoms with Gasteiger partial charge in [0.25, 0.3) is 0 Å². The normalized spacial score (nSPS) is 33.2. The van der Waals surface area contributed by atoms with Crippen LogP contribution in [0.1, 0.15) is 75.2 Å². The molecule has 0 heterocycles. The summed E-state index contributed by atoms with van der Waals surface area (Å²) in [6, 6.07) is 0. The van der Waals surface area contributed by atoms with Crippen molar-refractivity contribution in [3.63, 3.8) is 0 Å². The standard InChI is InChI=1S/C17H32O2/c1-10-14(3,4)13(18)19-17(9)11-12(2)15(5,6)16(17,7)8/h12H,10-11H2,1-9H3. The van der Waals surface area contributed by atoms with Gasteiger partial charge in [0.05, 0.1) is 5.41 Å². The zero-order valence-electron chi connectivity index (χ0n) is 14.3. The highest BCUT2D eigenvalue weighted by Crippen LogP contribution is 2.62. The minimum atomic E-state index is -0.394. The maximum Gasteiger partial charge on any atom is 0.312 e. The molecule has 0 N–H and O–H groups in total. The summed E-state index contributed by atoms with van der Waals surface area (Å²) in [6.45, 7) is 19.4. The van der Waals surface area contributed by atoms with Crippen LogP contribution >= 0.6 is 0 Å². The van der Waals surface area contributed by atoms with E-state index in [2.05, 4.69) is 41.5 Å². The molecule has 2 heteroatoms. The van der Waals surface area contributed by atoms with Crippen molar-refractivity contribution in [2.45, 2.75) is 80.8 Å². The zero-order valence-corrected chi connectivity index (χ0v) is 14.3. The van der Waals surface area contributed by atoms with Crippen LogP contribution in [-0.2, 0) is 9.53 Å². The van der Waals surface area contributed by atoms with E-state index in [1.54, 1.807) is 0 Å². The lowest BCUT2D eigenvalue weighted by molar-refractivity contribution is -0.182. The largest absolute Gasteiger partial charge is 0.458 e. The molecule has 1 fully saturated rings. The van der Waals surface area contributed by atoms with Gasteiger partial charge in [-0.05, 0) is 44.9 Å². The van der Waals surface area contributed by atoms with Crippen LogP contribution in [0.3, 0.4) is 0 Å². The van der Waals surface area contributed by atoms with E-state index in [1.807, 2.05) is 20.8 Å². The SMILES string of the molecule is CCC(C)(C)C(=O)OC1(C)CC(C)C(C)(C)C1(C)C. The summed E-state index contributed by atoms with van der Waals surface area (Å²) >= 11 is 0. The third-order valence-electron chi connectivity index (χ3n) is 6.62. The van der Waals surface area contributed by atoms with Crippen molar-refractivity contribution in [1.29, 1.82) is 0 Å². The van der Waals surface area contributed by atoms with E-state index in [-0.39, 0.29) is 22.4 Å². The number of rotatable bonds is 3. The molecular formula is C17H32O2. The van der Waals surface area contributed by atoms with Crippen molar-refractivity contribution in [1.82, 2.24) is 0 Å². The van der Waals surface area contributed by atoms with Gasteiger partial charge in [-0.3, -0.25) is 4.79 Å². The number of esters is 1. The van der Waals surface area contributed by atoms with Gasteiger partial charge in [0.15, 0.2) is 0 Å². The molecule has 0 aliphatic heterocycles. The van der Waals surface area contributed by atoms with E-state index in [1.165, 1.54) is 0 Å². The Hall–Kier alpha value is -0.530. The van der Waals surface area contributed by atoms with Crippen molar-refractivity contribution >= 4 is 5.97 Å². The van der Waals surface area contributed by atoms with E-state index in [0.717, 1.165) is 12.8 Å². The highest BCUT2D eigenvalue weighted by Gasteiger charge is 2.62. The van der Waals surface area contributed by atoms with Crippen LogP contribution in [-0.4, -0.2) is 11.6 Å². The van der Waals surface area contributed by atoms with Crippen molar-refractivity contribution in [2.24, 2.45) is 22.2 Å². The van der Waals surface area contributed by atoms with Gasteiger partial charge in [-0.2, -0.15) is 0 Å². The van der Waals surface area contributed by atoms with Crippen LogP contribution in [0.2, 0.25) is 0 Å². The Kier molecular flexibility index (Phi) is 3.91. The average molecular weight is 268 g/mol. The van der Waals surface area contributed by atoms with Gasteiger partial charge in [-0.1, -0.05) is 41.5 Å². The highest BCUT2D eigenvalue weighted by atomic mass is 16.6. The molecule has 0 spiro atoms. The number of hydrogen-bond acceptors (Lipinski definition) is 2. The quantitative estimate of drug-likeness (QED) is 0.686. The lowest BCUT2D eigenvalue weighted by Crippen LogP contribution is -2.48. The minimum absolute atomic E-state index is 0.0289. The van der Waals surface area contributed by atoms with Crippen LogP contribution in [0.25, 0.3) is 0 Å². The monoisotopic (exact) mass is 268 g/mol. The van der Waals surface area contributed by atoms with Crippen LogP contribution in [0, 0.1) is 22.2 Å². The van der Waals surface area contributed by atoms with Gasteiger partial charge in [0, 0.05) is 5.41 Å². The van der Waals surface area contributed by atoms with E-state index < -0.39 is 5.41 Å². The predicted molar refractivity (Wildman–Crippen MR) is 79.9 cm³/mol. The Bertz CT molecular complexity index is 365. The summed E-state index contributed by atoms with van der Waals surface area (Å²) in [6.07, 6.45) is 1.75. The maximum atomic E-state index is 12.4. The number of carbonyl (C=O) groups is 1. The van der Waals surface area contributed by atoms with Crippen LogP contribution < -0.4 is 0 Å². The number of carbonyl (C=O) groups excluding carboxylic acids is 1. The first-order chi connectivity index (χ1) is 8.32. The van der Waals surface area contributed by atoms with Gasteiger partial charge in [0.2, 0.25) is 0 Å². The Morgan fingerprint density at radius 2 is 1.68 bits per heavy atom. The Morgan fingerprint density at radius 1 is 1.21 bits per heavy atom. The van der Waals surface area contributed by atoms with Crippen molar-refractivity contribution in [3.05, 3.63) is 0 Å². The van der Waals surface area contributed by atoms with Gasteiger partial charge in [-0.25, -0.2) is 0 Å². The molecule has 2 atom stereocenters. The molecule has 0 aromatic rings. The molecule has 1 saturated carbocycles. The zero-order chi connectivity index (χ0) is 15.3. The third-order valence-corrected chi connectivity index (χ3v) is 6.62. The van der Waals surface area contributed by atoms with Crippen LogP contribution in [0.4, 0.5) is 0 Å². The van der Waals surface area contributed by atoms with E-state index >= 15 is 0 Å². The molecule has 0 saturated heterocycles. The molecule has 0 radical (unpaired) electrons. The average Bonchev–Trinajstić information content (AvgIpc) is 2.37. The third kappa shape index (κ3) is 2.32. The molecule has 2 unspecified atom stereocenters. The first-order valence-electron chi connectivity index (χ1n) is 7.55. The molecule has 112 valence electrons. The Balaban J connectivity index is 3.04. The fourth-order valence-electron chi connectivity index (χ4n) is 3.05. The maximum absolute atomic E-state index is 12.4. The van der Waals surface area contributed by atoms with Gasteiger partial charge < -0.3 is 4.74 Å². The van der Waals surface area contributed by atoms with Gasteiger partial charge in [0.1, 0.15) is 5.60 Å². The molecule has 0 aromatic heterocycles. The van der Waals surface area contributed by atoms with E-state index in [9.17, 15) is 4.79 Å². The van der Waals surface area contributed by atoms with Crippen molar-refractivity contribution in [2.75, 3.05) is 0 Å². The molecule has 0 aromatic carbocycles. The molecule has 1 rings (SSSR count). The highest BCUT2D eigenvalue weighted by molar-refractivity contribution is 5.76. The second-order valence-electron chi connectivity index (χ2n) is 8.31. The predicted octanol–water partition coefficient (Wildman–Crippen LogP) is 4.82. The summed E-state index contributed by atoms with van der Waals surface area (Å²) in [5, 5.41) is 0. The van der Waals surface area contributed by atoms with Gasteiger partial charge >= 0.3 is 5.97 Å². The fourth-order valence-corrected chi connectivity index (χ4v) is 3.05.